The SMILES string of the molecule is Cc1cc([C@H]2[C@H](c3ccccn3)N=C3S[C@@H](C)CN32)ccc1N1CCCC1. The molecule has 3 atom stereocenters. The van der Waals surface area contributed by atoms with Crippen molar-refractivity contribution in [3.63, 3.8) is 0 Å². The Morgan fingerprint density at radius 2 is 1.96 bits per heavy atom. The summed E-state index contributed by atoms with van der Waals surface area (Å²) in [5.41, 5.74) is 5.20. The number of thioether (sulfide) groups is 1. The van der Waals surface area contributed by atoms with Crippen LogP contribution in [0.1, 0.15) is 48.7 Å². The van der Waals surface area contributed by atoms with E-state index < -0.39 is 0 Å². The van der Waals surface area contributed by atoms with Gasteiger partial charge in [0.25, 0.3) is 0 Å². The number of pyridine rings is 1. The zero-order valence-corrected chi connectivity index (χ0v) is 16.8. The molecule has 0 bridgehead atoms. The van der Waals surface area contributed by atoms with Gasteiger partial charge in [0.2, 0.25) is 0 Å². The zero-order chi connectivity index (χ0) is 18.4. The maximum absolute atomic E-state index is 5.09. The molecule has 2 saturated heterocycles. The van der Waals surface area contributed by atoms with E-state index in [0.717, 1.165) is 12.2 Å². The summed E-state index contributed by atoms with van der Waals surface area (Å²) in [6.07, 6.45) is 4.50. The number of aryl methyl sites for hydroxylation is 1. The predicted molar refractivity (Wildman–Crippen MR) is 114 cm³/mol. The van der Waals surface area contributed by atoms with Gasteiger partial charge < -0.3 is 9.80 Å². The Labute approximate surface area is 165 Å². The summed E-state index contributed by atoms with van der Waals surface area (Å²) in [6.45, 7) is 7.98. The van der Waals surface area contributed by atoms with Gasteiger partial charge in [0, 0.05) is 36.8 Å². The van der Waals surface area contributed by atoms with Gasteiger partial charge in [0.1, 0.15) is 6.04 Å². The second-order valence-corrected chi connectivity index (χ2v) is 9.28. The van der Waals surface area contributed by atoms with Gasteiger partial charge in [-0.1, -0.05) is 36.9 Å². The predicted octanol–water partition coefficient (Wildman–Crippen LogP) is 4.58. The van der Waals surface area contributed by atoms with Gasteiger partial charge in [-0.15, -0.1) is 0 Å². The molecule has 1 aromatic carbocycles. The lowest BCUT2D eigenvalue weighted by molar-refractivity contribution is 0.321. The minimum Gasteiger partial charge on any atom is -0.371 e. The van der Waals surface area contributed by atoms with E-state index in [0.29, 0.717) is 5.25 Å². The molecule has 0 spiro atoms. The Bertz CT molecular complexity index is 860. The van der Waals surface area contributed by atoms with Crippen molar-refractivity contribution in [3.8, 4) is 0 Å². The van der Waals surface area contributed by atoms with E-state index in [1.54, 1.807) is 0 Å². The first-order valence-electron chi connectivity index (χ1n) is 9.98. The Kier molecular flexibility index (Phi) is 4.35. The molecule has 3 aliphatic rings. The van der Waals surface area contributed by atoms with Crippen LogP contribution in [0.15, 0.2) is 47.6 Å². The van der Waals surface area contributed by atoms with Crippen LogP contribution in [-0.4, -0.2) is 39.9 Å². The summed E-state index contributed by atoms with van der Waals surface area (Å²) >= 11 is 1.90. The van der Waals surface area contributed by atoms with Crippen molar-refractivity contribution in [3.05, 3.63) is 59.4 Å². The van der Waals surface area contributed by atoms with Crippen LogP contribution in [0.2, 0.25) is 0 Å². The van der Waals surface area contributed by atoms with E-state index >= 15 is 0 Å². The maximum atomic E-state index is 5.09. The fraction of sp³-hybridized carbons (Fsp3) is 0.455. The Morgan fingerprint density at radius 1 is 1.11 bits per heavy atom. The van der Waals surface area contributed by atoms with Crippen molar-refractivity contribution < 1.29 is 0 Å². The molecule has 140 valence electrons. The monoisotopic (exact) mass is 378 g/mol. The number of anilines is 1. The number of hydrogen-bond acceptors (Lipinski definition) is 5. The van der Waals surface area contributed by atoms with Crippen molar-refractivity contribution in [1.29, 1.82) is 0 Å². The molecule has 5 rings (SSSR count). The summed E-state index contributed by atoms with van der Waals surface area (Å²) in [5.74, 6) is 0. The van der Waals surface area contributed by atoms with Crippen LogP contribution in [0, 0.1) is 6.92 Å². The summed E-state index contributed by atoms with van der Waals surface area (Å²) < 4.78 is 0. The fourth-order valence-electron chi connectivity index (χ4n) is 4.65. The highest BCUT2D eigenvalue weighted by Crippen LogP contribution is 2.48. The number of nitrogens with zero attached hydrogens (tertiary/aromatic N) is 4. The van der Waals surface area contributed by atoms with E-state index in [1.165, 1.54) is 47.9 Å². The first-order chi connectivity index (χ1) is 13.2. The van der Waals surface area contributed by atoms with Crippen molar-refractivity contribution in [2.24, 2.45) is 4.99 Å². The lowest BCUT2D eigenvalue weighted by Crippen LogP contribution is -2.28. The minimum absolute atomic E-state index is 0.0817. The first kappa shape index (κ1) is 17.1. The second kappa shape index (κ2) is 6.86. The molecule has 0 N–H and O–H groups in total. The number of hydrogen-bond donors (Lipinski definition) is 0. The van der Waals surface area contributed by atoms with Gasteiger partial charge in [-0.2, -0.15) is 0 Å². The van der Waals surface area contributed by atoms with Crippen LogP contribution in [0.4, 0.5) is 5.69 Å². The molecule has 1 aromatic heterocycles. The Balaban J connectivity index is 1.52. The van der Waals surface area contributed by atoms with Crippen LogP contribution in [0.5, 0.6) is 0 Å². The Hall–Kier alpha value is -2.01. The number of benzene rings is 1. The number of rotatable bonds is 3. The standard InChI is InChI=1S/C22H26N4S/c1-15-13-17(8-9-19(15)25-11-5-6-12-25)21-20(18-7-3-4-10-23-18)24-22-26(21)14-16(2)27-22/h3-4,7-10,13,16,20-21H,5-6,11-12,14H2,1-2H3/t16-,20-,21-/m0/s1. The number of aliphatic imine (C=N–C) groups is 1. The molecule has 0 unspecified atom stereocenters. The molecular formula is C22H26N4S. The van der Waals surface area contributed by atoms with Crippen LogP contribution in [-0.2, 0) is 0 Å². The Morgan fingerprint density at radius 3 is 2.70 bits per heavy atom. The molecule has 4 heterocycles. The quantitative estimate of drug-likeness (QED) is 0.782. The zero-order valence-electron chi connectivity index (χ0n) is 16.0. The van der Waals surface area contributed by atoms with Crippen LogP contribution in [0.25, 0.3) is 0 Å². The first-order valence-corrected chi connectivity index (χ1v) is 10.9. The third-order valence-corrected chi connectivity index (χ3v) is 6.99. The molecule has 0 aliphatic carbocycles. The normalized spacial score (nSPS) is 27.2. The molecule has 3 aliphatic heterocycles. The van der Waals surface area contributed by atoms with E-state index in [4.69, 9.17) is 4.99 Å². The van der Waals surface area contributed by atoms with Crippen molar-refractivity contribution in [2.75, 3.05) is 24.5 Å². The lowest BCUT2D eigenvalue weighted by atomic mass is 9.94. The summed E-state index contributed by atoms with van der Waals surface area (Å²) in [5, 5.41) is 1.78. The van der Waals surface area contributed by atoms with Crippen LogP contribution < -0.4 is 4.90 Å². The average Bonchev–Trinajstić information content (AvgIpc) is 3.38. The van der Waals surface area contributed by atoms with Gasteiger partial charge in [-0.25, -0.2) is 0 Å². The molecule has 0 saturated carbocycles. The lowest BCUT2D eigenvalue weighted by Gasteiger charge is -2.29. The largest absolute Gasteiger partial charge is 0.371 e. The highest BCUT2D eigenvalue weighted by Gasteiger charge is 2.43. The van der Waals surface area contributed by atoms with E-state index in [-0.39, 0.29) is 12.1 Å². The molecule has 2 aromatic rings. The summed E-state index contributed by atoms with van der Waals surface area (Å²) in [6, 6.07) is 13.5. The highest BCUT2D eigenvalue weighted by molar-refractivity contribution is 8.14. The molecule has 5 heteroatoms. The molecule has 4 nitrogen and oxygen atoms in total. The van der Waals surface area contributed by atoms with E-state index in [1.807, 2.05) is 24.0 Å². The maximum Gasteiger partial charge on any atom is 0.160 e. The minimum atomic E-state index is 0.0817. The van der Waals surface area contributed by atoms with Gasteiger partial charge in [-0.05, 0) is 49.1 Å². The molecular weight excluding hydrogens is 352 g/mol. The molecule has 0 amide bonds. The molecule has 27 heavy (non-hydrogen) atoms. The van der Waals surface area contributed by atoms with Crippen LogP contribution >= 0.6 is 11.8 Å². The van der Waals surface area contributed by atoms with Gasteiger partial charge in [0.05, 0.1) is 11.7 Å². The van der Waals surface area contributed by atoms with Crippen molar-refractivity contribution >= 4 is 22.6 Å². The van der Waals surface area contributed by atoms with Gasteiger partial charge in [-0.3, -0.25) is 9.98 Å². The average molecular weight is 379 g/mol. The van der Waals surface area contributed by atoms with Crippen molar-refractivity contribution in [1.82, 2.24) is 9.88 Å². The van der Waals surface area contributed by atoms with E-state index in [9.17, 15) is 0 Å². The topological polar surface area (TPSA) is 31.7 Å². The number of amidine groups is 1. The number of fused-ring (bicyclic) bond motifs is 1. The second-order valence-electron chi connectivity index (χ2n) is 7.88. The number of aromatic nitrogens is 1. The summed E-state index contributed by atoms with van der Waals surface area (Å²) in [4.78, 5) is 14.8. The highest BCUT2D eigenvalue weighted by atomic mass is 32.2. The fourth-order valence-corrected chi connectivity index (χ4v) is 5.75. The van der Waals surface area contributed by atoms with Gasteiger partial charge in [0.15, 0.2) is 5.17 Å². The van der Waals surface area contributed by atoms with Crippen LogP contribution in [0.3, 0.4) is 0 Å². The molecule has 0 radical (unpaired) electrons. The van der Waals surface area contributed by atoms with E-state index in [2.05, 4.69) is 59.0 Å². The van der Waals surface area contributed by atoms with Gasteiger partial charge >= 0.3 is 0 Å². The third kappa shape index (κ3) is 3.02. The smallest absolute Gasteiger partial charge is 0.160 e. The van der Waals surface area contributed by atoms with Crippen molar-refractivity contribution in [2.45, 2.75) is 44.0 Å². The molecule has 2 fully saturated rings. The summed E-state index contributed by atoms with van der Waals surface area (Å²) in [7, 11) is 0. The third-order valence-electron chi connectivity index (χ3n) is 5.89.